The number of ketones is 1. The lowest BCUT2D eigenvalue weighted by Gasteiger charge is -2.17. The van der Waals surface area contributed by atoms with Crippen molar-refractivity contribution in [3.05, 3.63) is 5.51 Å². The number of nitrogens with zero attached hydrogens (tertiary/aromatic N) is 2. The summed E-state index contributed by atoms with van der Waals surface area (Å²) in [6.07, 6.45) is 3.98. The smallest absolute Gasteiger partial charge is 0.174 e. The first kappa shape index (κ1) is 9.15. The summed E-state index contributed by atoms with van der Waals surface area (Å²) in [5.41, 5.74) is 1.70. The van der Waals surface area contributed by atoms with Crippen molar-refractivity contribution < 1.29 is 4.79 Å². The highest BCUT2D eigenvalue weighted by Gasteiger charge is 2.23. The Morgan fingerprint density at radius 2 is 2.46 bits per heavy atom. The Balaban J connectivity index is 1.97. The quantitative estimate of drug-likeness (QED) is 0.756. The number of carbonyl (C=O) groups excluding carboxylic acids is 1. The molecule has 0 aliphatic heterocycles. The maximum Gasteiger partial charge on any atom is 0.174 e. The predicted octanol–water partition coefficient (Wildman–Crippen LogP) is 2.14. The molecule has 0 spiro atoms. The second-order valence-electron chi connectivity index (χ2n) is 3.02. The lowest BCUT2D eigenvalue weighted by Crippen LogP contribution is -2.21. The Bertz CT molecular complexity index is 286. The third kappa shape index (κ3) is 2.28. The molecular weight excluding hydrogens is 204 g/mol. The normalized spacial score (nSPS) is 23.4. The van der Waals surface area contributed by atoms with Crippen LogP contribution in [0, 0.1) is 0 Å². The van der Waals surface area contributed by atoms with E-state index in [4.69, 9.17) is 0 Å². The van der Waals surface area contributed by atoms with Crippen LogP contribution in [0.1, 0.15) is 25.7 Å². The molecule has 3 nitrogen and oxygen atoms in total. The highest BCUT2D eigenvalue weighted by Crippen LogP contribution is 2.31. The highest BCUT2D eigenvalue weighted by molar-refractivity contribution is 8.02. The first-order valence-corrected chi connectivity index (χ1v) is 6.08. The first-order valence-electron chi connectivity index (χ1n) is 4.32. The van der Waals surface area contributed by atoms with E-state index < -0.39 is 0 Å². The molecule has 1 aliphatic rings. The van der Waals surface area contributed by atoms with Crippen LogP contribution in [0.25, 0.3) is 0 Å². The van der Waals surface area contributed by atoms with Gasteiger partial charge in [-0.05, 0) is 12.8 Å². The summed E-state index contributed by atoms with van der Waals surface area (Å²) in [6, 6.07) is 0. The number of aromatic nitrogens is 2. The summed E-state index contributed by atoms with van der Waals surface area (Å²) in [5, 5.41) is 7.81. The molecule has 1 atom stereocenters. The molecule has 0 aromatic carbocycles. The van der Waals surface area contributed by atoms with Gasteiger partial charge in [0.05, 0.1) is 5.25 Å². The van der Waals surface area contributed by atoms with Crippen molar-refractivity contribution in [2.45, 2.75) is 35.3 Å². The van der Waals surface area contributed by atoms with Gasteiger partial charge in [0.15, 0.2) is 4.34 Å². The molecule has 1 aliphatic carbocycles. The zero-order valence-corrected chi connectivity index (χ0v) is 8.74. The molecule has 13 heavy (non-hydrogen) atoms. The minimum absolute atomic E-state index is 0.140. The molecule has 1 unspecified atom stereocenters. The second-order valence-corrected chi connectivity index (χ2v) is 5.31. The van der Waals surface area contributed by atoms with Gasteiger partial charge in [-0.25, -0.2) is 0 Å². The molecule has 2 rings (SSSR count). The third-order valence-corrected chi connectivity index (χ3v) is 4.21. The molecule has 1 aromatic rings. The molecule has 1 heterocycles. The molecule has 0 N–H and O–H groups in total. The number of Topliss-reactive ketones (excluding diaryl/α,β-unsaturated/α-hetero) is 1. The average Bonchev–Trinajstić information content (AvgIpc) is 2.61. The Hall–Kier alpha value is -0.420. The molecule has 1 fully saturated rings. The van der Waals surface area contributed by atoms with Crippen LogP contribution in [-0.2, 0) is 4.79 Å². The Morgan fingerprint density at radius 3 is 3.15 bits per heavy atom. The lowest BCUT2D eigenvalue weighted by atomic mass is 9.99. The van der Waals surface area contributed by atoms with Crippen LogP contribution in [0.15, 0.2) is 9.85 Å². The molecule has 70 valence electrons. The minimum Gasteiger partial charge on any atom is -0.298 e. The van der Waals surface area contributed by atoms with Crippen molar-refractivity contribution in [1.29, 1.82) is 0 Å². The van der Waals surface area contributed by atoms with E-state index in [1.165, 1.54) is 17.8 Å². The maximum absolute atomic E-state index is 11.5. The fourth-order valence-electron chi connectivity index (χ4n) is 1.41. The third-order valence-electron chi connectivity index (χ3n) is 2.08. The van der Waals surface area contributed by atoms with Gasteiger partial charge < -0.3 is 0 Å². The average molecular weight is 214 g/mol. The van der Waals surface area contributed by atoms with Gasteiger partial charge in [0.1, 0.15) is 11.3 Å². The molecule has 1 saturated carbocycles. The van der Waals surface area contributed by atoms with Crippen LogP contribution in [0.4, 0.5) is 0 Å². The van der Waals surface area contributed by atoms with E-state index in [-0.39, 0.29) is 5.25 Å². The molecule has 5 heteroatoms. The zero-order valence-electron chi connectivity index (χ0n) is 7.10. The molecule has 0 radical (unpaired) electrons. The summed E-state index contributed by atoms with van der Waals surface area (Å²) >= 11 is 3.08. The van der Waals surface area contributed by atoms with Crippen LogP contribution in [0.5, 0.6) is 0 Å². The number of rotatable bonds is 2. The fourth-order valence-corrected chi connectivity index (χ4v) is 3.26. The Morgan fingerprint density at radius 1 is 1.54 bits per heavy atom. The van der Waals surface area contributed by atoms with E-state index in [1.807, 2.05) is 0 Å². The maximum atomic E-state index is 11.5. The first-order chi connectivity index (χ1) is 6.36. The van der Waals surface area contributed by atoms with Gasteiger partial charge in [0, 0.05) is 6.42 Å². The van der Waals surface area contributed by atoms with Gasteiger partial charge in [-0.3, -0.25) is 4.79 Å². The van der Waals surface area contributed by atoms with Crippen LogP contribution >= 0.6 is 23.1 Å². The van der Waals surface area contributed by atoms with Crippen molar-refractivity contribution in [1.82, 2.24) is 10.2 Å². The van der Waals surface area contributed by atoms with E-state index in [0.29, 0.717) is 5.78 Å². The van der Waals surface area contributed by atoms with Gasteiger partial charge in [-0.1, -0.05) is 29.5 Å². The second kappa shape index (κ2) is 4.19. The molecular formula is C8H10N2OS2. The van der Waals surface area contributed by atoms with Gasteiger partial charge >= 0.3 is 0 Å². The number of hydrogen-bond acceptors (Lipinski definition) is 5. The summed E-state index contributed by atoms with van der Waals surface area (Å²) in [5.74, 6) is 0.381. The summed E-state index contributed by atoms with van der Waals surface area (Å²) < 4.78 is 0.917. The van der Waals surface area contributed by atoms with Crippen LogP contribution < -0.4 is 0 Å². The van der Waals surface area contributed by atoms with Crippen molar-refractivity contribution in [2.24, 2.45) is 0 Å². The highest BCUT2D eigenvalue weighted by atomic mass is 32.2. The van der Waals surface area contributed by atoms with Gasteiger partial charge in [-0.15, -0.1) is 10.2 Å². The topological polar surface area (TPSA) is 42.9 Å². The standard InChI is InChI=1S/C8H10N2OS2/c11-6-3-1-2-4-7(6)13-8-10-9-5-12-8/h5,7H,1-4H2. The fraction of sp³-hybridized carbons (Fsp3) is 0.625. The predicted molar refractivity (Wildman–Crippen MR) is 53.0 cm³/mol. The van der Waals surface area contributed by atoms with E-state index in [1.54, 1.807) is 17.3 Å². The largest absolute Gasteiger partial charge is 0.298 e. The zero-order chi connectivity index (χ0) is 9.10. The number of thioether (sulfide) groups is 1. The van der Waals surface area contributed by atoms with Gasteiger partial charge in [0.2, 0.25) is 0 Å². The lowest BCUT2D eigenvalue weighted by molar-refractivity contribution is -0.119. The van der Waals surface area contributed by atoms with E-state index in [2.05, 4.69) is 10.2 Å². The summed E-state index contributed by atoms with van der Waals surface area (Å²) in [7, 11) is 0. The summed E-state index contributed by atoms with van der Waals surface area (Å²) in [4.78, 5) is 11.5. The molecule has 1 aromatic heterocycles. The van der Waals surface area contributed by atoms with E-state index >= 15 is 0 Å². The Kier molecular flexibility index (Phi) is 2.95. The SMILES string of the molecule is O=C1CCCCC1Sc1nncs1. The number of carbonyl (C=O) groups is 1. The van der Waals surface area contributed by atoms with E-state index in [0.717, 1.165) is 23.6 Å². The molecule has 0 amide bonds. The van der Waals surface area contributed by atoms with Crippen molar-refractivity contribution >= 4 is 28.9 Å². The van der Waals surface area contributed by atoms with Crippen LogP contribution in [0.3, 0.4) is 0 Å². The van der Waals surface area contributed by atoms with Gasteiger partial charge in [-0.2, -0.15) is 0 Å². The summed E-state index contributed by atoms with van der Waals surface area (Å²) in [6.45, 7) is 0. The minimum atomic E-state index is 0.140. The van der Waals surface area contributed by atoms with Gasteiger partial charge in [0.25, 0.3) is 0 Å². The molecule has 0 bridgehead atoms. The molecule has 0 saturated heterocycles. The van der Waals surface area contributed by atoms with E-state index in [9.17, 15) is 4.79 Å². The van der Waals surface area contributed by atoms with Crippen molar-refractivity contribution in [3.63, 3.8) is 0 Å². The monoisotopic (exact) mass is 214 g/mol. The Labute approximate surface area is 84.9 Å². The van der Waals surface area contributed by atoms with Crippen LogP contribution in [-0.4, -0.2) is 21.2 Å². The van der Waals surface area contributed by atoms with Crippen LogP contribution in [0.2, 0.25) is 0 Å². The van der Waals surface area contributed by atoms with Crippen molar-refractivity contribution in [3.8, 4) is 0 Å². The van der Waals surface area contributed by atoms with Crippen molar-refractivity contribution in [2.75, 3.05) is 0 Å². The number of hydrogen-bond donors (Lipinski definition) is 0.